The maximum atomic E-state index is 11.1. The first-order chi connectivity index (χ1) is 8.14. The minimum atomic E-state index is -2.81. The first kappa shape index (κ1) is 11.0. The zero-order chi connectivity index (χ0) is 11.9. The molecule has 1 aromatic rings. The lowest BCUT2D eigenvalue weighted by molar-refractivity contribution is 0.227. The largest absolute Gasteiger partial charge is 0.488 e. The number of hydrogen-bond donors (Lipinski definition) is 1. The number of ether oxygens (including phenoxy) is 1. The second-order valence-corrected chi connectivity index (χ2v) is 6.79. The molecule has 1 fully saturated rings. The van der Waals surface area contributed by atoms with Gasteiger partial charge in [0.2, 0.25) is 0 Å². The van der Waals surface area contributed by atoms with Crippen LogP contribution in [0.2, 0.25) is 0 Å². The van der Waals surface area contributed by atoms with Gasteiger partial charge in [-0.3, -0.25) is 0 Å². The molecule has 2 aliphatic rings. The van der Waals surface area contributed by atoms with Crippen molar-refractivity contribution in [1.29, 1.82) is 0 Å². The smallest absolute Gasteiger partial charge is 0.157 e. The van der Waals surface area contributed by atoms with Gasteiger partial charge >= 0.3 is 0 Å². The summed E-state index contributed by atoms with van der Waals surface area (Å²) in [4.78, 5) is 0. The normalized spacial score (nSPS) is 22.6. The van der Waals surface area contributed by atoms with Crippen molar-refractivity contribution in [1.82, 2.24) is 5.32 Å². The van der Waals surface area contributed by atoms with Crippen molar-refractivity contribution in [2.45, 2.75) is 19.1 Å². The molecule has 2 aliphatic heterocycles. The Morgan fingerprint density at radius 1 is 1.29 bits per heavy atom. The van der Waals surface area contributed by atoms with Gasteiger partial charge in [-0.25, -0.2) is 8.42 Å². The average Bonchev–Trinajstić information content (AvgIpc) is 2.27. The molecule has 4 nitrogen and oxygen atoms in total. The lowest BCUT2D eigenvalue weighted by atomic mass is 10.00. The van der Waals surface area contributed by atoms with E-state index in [1.807, 2.05) is 12.1 Å². The molecular weight excluding hydrogens is 238 g/mol. The van der Waals surface area contributed by atoms with E-state index in [1.165, 1.54) is 11.1 Å². The summed E-state index contributed by atoms with van der Waals surface area (Å²) < 4.78 is 27.9. The highest BCUT2D eigenvalue weighted by Gasteiger charge is 2.35. The molecule has 0 bridgehead atoms. The minimum Gasteiger partial charge on any atom is -0.488 e. The number of fused-ring (bicyclic) bond motifs is 1. The van der Waals surface area contributed by atoms with Gasteiger partial charge in [0.15, 0.2) is 9.84 Å². The molecule has 0 aliphatic carbocycles. The predicted octanol–water partition coefficient (Wildman–Crippen LogP) is 0.508. The van der Waals surface area contributed by atoms with Gasteiger partial charge in [-0.05, 0) is 30.2 Å². The van der Waals surface area contributed by atoms with E-state index in [9.17, 15) is 8.42 Å². The van der Waals surface area contributed by atoms with Gasteiger partial charge in [-0.2, -0.15) is 0 Å². The number of benzene rings is 1. The van der Waals surface area contributed by atoms with E-state index in [4.69, 9.17) is 4.74 Å². The molecule has 0 unspecified atom stereocenters. The van der Waals surface area contributed by atoms with Gasteiger partial charge in [0, 0.05) is 6.54 Å². The minimum absolute atomic E-state index is 0.151. The van der Waals surface area contributed by atoms with E-state index < -0.39 is 9.84 Å². The molecule has 1 N–H and O–H groups in total. The van der Waals surface area contributed by atoms with E-state index >= 15 is 0 Å². The van der Waals surface area contributed by atoms with Crippen LogP contribution in [0, 0.1) is 0 Å². The highest BCUT2D eigenvalue weighted by molar-refractivity contribution is 7.92. The summed E-state index contributed by atoms with van der Waals surface area (Å²) in [5.41, 5.74) is 2.49. The van der Waals surface area contributed by atoms with Crippen LogP contribution in [0.4, 0.5) is 0 Å². The van der Waals surface area contributed by atoms with Crippen LogP contribution < -0.4 is 10.1 Å². The third kappa shape index (κ3) is 2.17. The maximum absolute atomic E-state index is 11.1. The lowest BCUT2D eigenvalue weighted by Gasteiger charge is -2.29. The highest BCUT2D eigenvalue weighted by atomic mass is 32.2. The van der Waals surface area contributed by atoms with Crippen molar-refractivity contribution in [3.63, 3.8) is 0 Å². The Labute approximate surface area is 101 Å². The molecule has 0 aromatic heterocycles. The van der Waals surface area contributed by atoms with E-state index in [-0.39, 0.29) is 17.6 Å². The van der Waals surface area contributed by atoms with Crippen molar-refractivity contribution in [2.75, 3.05) is 18.1 Å². The van der Waals surface area contributed by atoms with Crippen molar-refractivity contribution < 1.29 is 13.2 Å². The Bertz CT molecular complexity index is 527. The molecule has 1 aromatic carbocycles. The second kappa shape index (κ2) is 3.99. The summed E-state index contributed by atoms with van der Waals surface area (Å²) in [5.74, 6) is 1.19. The third-order valence-electron chi connectivity index (χ3n) is 3.27. The monoisotopic (exact) mass is 253 g/mol. The quantitative estimate of drug-likeness (QED) is 0.834. The van der Waals surface area contributed by atoms with Crippen LogP contribution in [-0.4, -0.2) is 32.6 Å². The Hall–Kier alpha value is -1.07. The van der Waals surface area contributed by atoms with Gasteiger partial charge in [0.25, 0.3) is 0 Å². The van der Waals surface area contributed by atoms with Crippen LogP contribution in [-0.2, 0) is 22.8 Å². The van der Waals surface area contributed by atoms with Crippen LogP contribution in [0.5, 0.6) is 5.75 Å². The summed E-state index contributed by atoms with van der Waals surface area (Å²) in [6.45, 7) is 1.83. The Morgan fingerprint density at radius 3 is 2.88 bits per heavy atom. The molecule has 0 saturated carbocycles. The van der Waals surface area contributed by atoms with Crippen LogP contribution in [0.1, 0.15) is 11.1 Å². The predicted molar refractivity (Wildman–Crippen MR) is 64.9 cm³/mol. The van der Waals surface area contributed by atoms with E-state index in [0.29, 0.717) is 0 Å². The topological polar surface area (TPSA) is 55.4 Å². The van der Waals surface area contributed by atoms with Crippen molar-refractivity contribution in [3.05, 3.63) is 29.3 Å². The van der Waals surface area contributed by atoms with Crippen molar-refractivity contribution in [2.24, 2.45) is 0 Å². The molecule has 5 heteroatoms. The highest BCUT2D eigenvalue weighted by Crippen LogP contribution is 2.28. The van der Waals surface area contributed by atoms with Gasteiger partial charge in [-0.15, -0.1) is 0 Å². The number of sulfone groups is 1. The van der Waals surface area contributed by atoms with Gasteiger partial charge in [0.1, 0.15) is 11.9 Å². The van der Waals surface area contributed by atoms with Crippen LogP contribution in [0.25, 0.3) is 0 Å². The van der Waals surface area contributed by atoms with Crippen LogP contribution in [0.15, 0.2) is 18.2 Å². The number of hydrogen-bond acceptors (Lipinski definition) is 4. The molecular formula is C12H15NO3S. The molecule has 0 radical (unpaired) electrons. The molecule has 17 heavy (non-hydrogen) atoms. The number of nitrogens with one attached hydrogen (secondary N) is 1. The van der Waals surface area contributed by atoms with E-state index in [0.717, 1.165) is 25.3 Å². The Kier molecular flexibility index (Phi) is 2.60. The lowest BCUT2D eigenvalue weighted by Crippen LogP contribution is -2.45. The fourth-order valence-electron chi connectivity index (χ4n) is 2.37. The molecule has 2 heterocycles. The van der Waals surface area contributed by atoms with Crippen molar-refractivity contribution in [3.8, 4) is 5.75 Å². The number of rotatable bonds is 2. The molecule has 92 valence electrons. The zero-order valence-electron chi connectivity index (χ0n) is 9.48. The summed E-state index contributed by atoms with van der Waals surface area (Å²) in [6, 6.07) is 6.00. The van der Waals surface area contributed by atoms with Gasteiger partial charge in [0.05, 0.1) is 11.5 Å². The van der Waals surface area contributed by atoms with Crippen LogP contribution >= 0.6 is 0 Å². The molecule has 0 amide bonds. The summed E-state index contributed by atoms with van der Waals surface area (Å²) in [7, 11) is -2.81. The summed E-state index contributed by atoms with van der Waals surface area (Å²) in [6.07, 6.45) is 0.798. The van der Waals surface area contributed by atoms with E-state index in [1.54, 1.807) is 0 Å². The maximum Gasteiger partial charge on any atom is 0.157 e. The van der Waals surface area contributed by atoms with Gasteiger partial charge in [-0.1, -0.05) is 12.1 Å². The summed E-state index contributed by atoms with van der Waals surface area (Å²) >= 11 is 0. The van der Waals surface area contributed by atoms with Crippen LogP contribution in [0.3, 0.4) is 0 Å². The zero-order valence-corrected chi connectivity index (χ0v) is 10.3. The molecule has 0 spiro atoms. The Morgan fingerprint density at radius 2 is 2.12 bits per heavy atom. The first-order valence-electron chi connectivity index (χ1n) is 5.83. The molecule has 3 rings (SSSR count). The molecule has 0 atom stereocenters. The average molecular weight is 253 g/mol. The van der Waals surface area contributed by atoms with E-state index in [2.05, 4.69) is 11.4 Å². The summed E-state index contributed by atoms with van der Waals surface area (Å²) in [5, 5.41) is 3.31. The Balaban J connectivity index is 1.79. The van der Waals surface area contributed by atoms with Crippen molar-refractivity contribution >= 4 is 9.84 Å². The fourth-order valence-corrected chi connectivity index (χ4v) is 3.54. The fraction of sp³-hybridized carbons (Fsp3) is 0.500. The third-order valence-corrected chi connectivity index (χ3v) is 5.03. The standard InChI is InChI=1S/C12H15NO3S/c14-17(15)7-10(8-17)16-12-3-1-2-9-6-13-5-4-11(9)12/h1-3,10,13H,4-8H2. The second-order valence-electron chi connectivity index (χ2n) is 4.64. The van der Waals surface area contributed by atoms with Gasteiger partial charge < -0.3 is 10.1 Å². The first-order valence-corrected chi connectivity index (χ1v) is 7.65. The molecule has 1 saturated heterocycles. The SMILES string of the molecule is O=S1(=O)CC(Oc2cccc3c2CCNC3)C1.